The van der Waals surface area contributed by atoms with Crippen LogP contribution in [0.1, 0.15) is 51.6 Å². The zero-order valence-corrected chi connectivity index (χ0v) is 22.6. The monoisotopic (exact) mass is 555 g/mol. The van der Waals surface area contributed by atoms with E-state index in [1.807, 2.05) is 60.1 Å². The van der Waals surface area contributed by atoms with Crippen LogP contribution < -0.4 is 15.4 Å². The third kappa shape index (κ3) is 5.90. The minimum atomic E-state index is -0.507. The lowest BCUT2D eigenvalue weighted by molar-refractivity contribution is -0.113. The van der Waals surface area contributed by atoms with Crippen LogP contribution in [0.2, 0.25) is 0 Å². The van der Waals surface area contributed by atoms with Gasteiger partial charge in [0.25, 0.3) is 5.91 Å². The largest absolute Gasteiger partial charge is 0.493 e. The van der Waals surface area contributed by atoms with E-state index in [2.05, 4.69) is 40.4 Å². The second-order valence-corrected chi connectivity index (χ2v) is 10.3. The number of carbonyl (C=O) groups excluding carboxylic acids is 1. The van der Waals surface area contributed by atoms with Crippen molar-refractivity contribution in [3.05, 3.63) is 69.8 Å². The number of halogens is 1. The van der Waals surface area contributed by atoms with Gasteiger partial charge in [-0.1, -0.05) is 66.2 Å². The number of nitrogens with one attached hydrogen (secondary N) is 2. The van der Waals surface area contributed by atoms with E-state index in [1.165, 1.54) is 0 Å². The van der Waals surface area contributed by atoms with Crippen LogP contribution in [-0.2, 0) is 4.79 Å². The van der Waals surface area contributed by atoms with Gasteiger partial charge in [0, 0.05) is 27.2 Å². The number of allylic oxidation sites excluding steroid dienone is 1. The molecule has 1 unspecified atom stereocenters. The van der Waals surface area contributed by atoms with Crippen molar-refractivity contribution in [2.24, 2.45) is 0 Å². The molecule has 9 heteroatoms. The molecule has 1 aliphatic heterocycles. The Labute approximate surface area is 218 Å². The molecule has 0 spiro atoms. The van der Waals surface area contributed by atoms with Crippen LogP contribution >= 0.6 is 27.7 Å². The predicted octanol–water partition coefficient (Wildman–Crippen LogP) is 6.65. The molecule has 4 rings (SSSR count). The van der Waals surface area contributed by atoms with E-state index < -0.39 is 6.04 Å². The first-order chi connectivity index (χ1) is 17.0. The molecule has 35 heavy (non-hydrogen) atoms. The van der Waals surface area contributed by atoms with Gasteiger partial charge in [-0.25, -0.2) is 4.68 Å². The molecule has 1 aromatic heterocycles. The van der Waals surface area contributed by atoms with Gasteiger partial charge < -0.3 is 15.4 Å². The topological polar surface area (TPSA) is 81.1 Å². The van der Waals surface area contributed by atoms with Crippen molar-refractivity contribution in [2.45, 2.75) is 51.2 Å². The summed E-state index contributed by atoms with van der Waals surface area (Å²) in [6.07, 6.45) is 3.08. The third-order valence-corrected chi connectivity index (χ3v) is 6.98. The Hall–Kier alpha value is -2.78. The van der Waals surface area contributed by atoms with Crippen molar-refractivity contribution in [3.8, 4) is 5.75 Å². The number of nitrogens with zero attached hydrogens (tertiary/aromatic N) is 3. The van der Waals surface area contributed by atoms with Gasteiger partial charge in [-0.2, -0.15) is 4.98 Å². The molecule has 0 aliphatic carbocycles. The number of carbonyl (C=O) groups is 1. The molecule has 0 radical (unpaired) electrons. The number of aromatic nitrogens is 3. The molecule has 1 amide bonds. The maximum atomic E-state index is 13.7. The van der Waals surface area contributed by atoms with Crippen LogP contribution in [0.3, 0.4) is 0 Å². The van der Waals surface area contributed by atoms with E-state index in [0.717, 1.165) is 52.2 Å². The third-order valence-electron chi connectivity index (χ3n) is 5.57. The van der Waals surface area contributed by atoms with E-state index in [9.17, 15) is 4.79 Å². The first-order valence-corrected chi connectivity index (χ1v) is 13.7. The normalized spacial score (nSPS) is 14.9. The summed E-state index contributed by atoms with van der Waals surface area (Å²) in [5.74, 6) is 2.08. The Bertz CT molecular complexity index is 1210. The van der Waals surface area contributed by atoms with Crippen molar-refractivity contribution >= 4 is 45.2 Å². The Morgan fingerprint density at radius 3 is 2.74 bits per heavy atom. The summed E-state index contributed by atoms with van der Waals surface area (Å²) in [6, 6.07) is 14.8. The molecule has 3 aromatic rings. The number of hydrogen-bond donors (Lipinski definition) is 2. The molecule has 1 aliphatic rings. The maximum Gasteiger partial charge on any atom is 0.255 e. The van der Waals surface area contributed by atoms with Gasteiger partial charge in [-0.05, 0) is 50.1 Å². The van der Waals surface area contributed by atoms with Crippen LogP contribution in [0.25, 0.3) is 0 Å². The van der Waals surface area contributed by atoms with Crippen molar-refractivity contribution in [1.82, 2.24) is 14.8 Å². The first-order valence-electron chi connectivity index (χ1n) is 11.9. The standard InChI is InChI=1S/C26H30BrN5O2S/c1-4-6-15-35-26-30-25-28-17(3)22(24(33)29-19-10-8-7-9-11-19)23(32(25)31-26)20-16-18(27)12-13-21(20)34-14-5-2/h7-13,16,23H,4-6,14-15H2,1-3H3,(H,29,33)(H,28,30,31). The highest BCUT2D eigenvalue weighted by molar-refractivity contribution is 9.10. The Morgan fingerprint density at radius 2 is 2.00 bits per heavy atom. The van der Waals surface area contributed by atoms with Gasteiger partial charge in [0.15, 0.2) is 0 Å². The Kier molecular flexibility index (Phi) is 8.51. The molecule has 0 saturated heterocycles. The van der Waals surface area contributed by atoms with E-state index >= 15 is 0 Å². The van der Waals surface area contributed by atoms with Crippen LogP contribution in [0.4, 0.5) is 11.6 Å². The average molecular weight is 557 g/mol. The molecule has 184 valence electrons. The molecule has 2 N–H and O–H groups in total. The van der Waals surface area contributed by atoms with E-state index in [1.54, 1.807) is 11.8 Å². The second-order valence-electron chi connectivity index (χ2n) is 8.28. The van der Waals surface area contributed by atoms with Crippen LogP contribution in [0.5, 0.6) is 5.75 Å². The number of benzene rings is 2. The van der Waals surface area contributed by atoms with Gasteiger partial charge in [-0.15, -0.1) is 5.10 Å². The molecule has 2 heterocycles. The van der Waals surface area contributed by atoms with Crippen molar-refractivity contribution in [3.63, 3.8) is 0 Å². The van der Waals surface area contributed by atoms with Crippen LogP contribution in [0, 0.1) is 0 Å². The fourth-order valence-corrected chi connectivity index (χ4v) is 5.17. The summed E-state index contributed by atoms with van der Waals surface area (Å²) in [4.78, 5) is 18.4. The minimum absolute atomic E-state index is 0.200. The number of para-hydroxylation sites is 1. The lowest BCUT2D eigenvalue weighted by Gasteiger charge is -2.30. The quantitative estimate of drug-likeness (QED) is 0.215. The molecule has 0 saturated carbocycles. The van der Waals surface area contributed by atoms with E-state index in [4.69, 9.17) is 14.8 Å². The summed E-state index contributed by atoms with van der Waals surface area (Å²) in [7, 11) is 0. The molecule has 2 aromatic carbocycles. The van der Waals surface area contributed by atoms with Crippen molar-refractivity contribution < 1.29 is 9.53 Å². The number of fused-ring (bicyclic) bond motifs is 1. The molecule has 0 fully saturated rings. The molecular weight excluding hydrogens is 526 g/mol. The molecule has 1 atom stereocenters. The van der Waals surface area contributed by atoms with Crippen molar-refractivity contribution in [1.29, 1.82) is 0 Å². The Morgan fingerprint density at radius 1 is 1.20 bits per heavy atom. The summed E-state index contributed by atoms with van der Waals surface area (Å²) in [5.41, 5.74) is 2.88. The molecule has 0 bridgehead atoms. The number of hydrogen-bond acceptors (Lipinski definition) is 6. The minimum Gasteiger partial charge on any atom is -0.493 e. The van der Waals surface area contributed by atoms with Gasteiger partial charge in [0.2, 0.25) is 11.1 Å². The second kappa shape index (κ2) is 11.8. The van der Waals surface area contributed by atoms with Gasteiger partial charge in [0.1, 0.15) is 11.8 Å². The maximum absolute atomic E-state index is 13.7. The van der Waals surface area contributed by atoms with Crippen LogP contribution in [-0.4, -0.2) is 33.0 Å². The lowest BCUT2D eigenvalue weighted by atomic mass is 9.94. The van der Waals surface area contributed by atoms with Gasteiger partial charge in [-0.3, -0.25) is 4.79 Å². The van der Waals surface area contributed by atoms with Gasteiger partial charge >= 0.3 is 0 Å². The highest BCUT2D eigenvalue weighted by atomic mass is 79.9. The lowest BCUT2D eigenvalue weighted by Crippen LogP contribution is -2.31. The average Bonchev–Trinajstić information content (AvgIpc) is 3.25. The summed E-state index contributed by atoms with van der Waals surface area (Å²) >= 11 is 5.23. The highest BCUT2D eigenvalue weighted by Gasteiger charge is 2.36. The number of anilines is 2. The van der Waals surface area contributed by atoms with Crippen molar-refractivity contribution in [2.75, 3.05) is 23.0 Å². The SMILES string of the molecule is CCCCSc1nc2n(n1)C(c1cc(Br)ccc1OCCC)C(C(=O)Nc1ccccc1)=C(C)N2. The Balaban J connectivity index is 1.80. The smallest absolute Gasteiger partial charge is 0.255 e. The number of rotatable bonds is 10. The molecule has 7 nitrogen and oxygen atoms in total. The first kappa shape index (κ1) is 25.3. The molecular formula is C26H30BrN5O2S. The number of thioether (sulfide) groups is 1. The highest BCUT2D eigenvalue weighted by Crippen LogP contribution is 2.41. The fourth-order valence-electron chi connectivity index (χ4n) is 3.88. The summed E-state index contributed by atoms with van der Waals surface area (Å²) in [5, 5.41) is 11.9. The zero-order chi connectivity index (χ0) is 24.8. The summed E-state index contributed by atoms with van der Waals surface area (Å²) in [6.45, 7) is 6.72. The fraction of sp³-hybridized carbons (Fsp3) is 0.346. The zero-order valence-electron chi connectivity index (χ0n) is 20.2. The van der Waals surface area contributed by atoms with E-state index in [-0.39, 0.29) is 5.91 Å². The summed E-state index contributed by atoms with van der Waals surface area (Å²) < 4.78 is 8.82. The number of unbranched alkanes of at least 4 members (excludes halogenated alkanes) is 1. The van der Waals surface area contributed by atoms with E-state index in [0.29, 0.717) is 23.3 Å². The predicted molar refractivity (Wildman–Crippen MR) is 145 cm³/mol. The van der Waals surface area contributed by atoms with Crippen LogP contribution in [0.15, 0.2) is 69.4 Å². The number of amides is 1. The van der Waals surface area contributed by atoms with Gasteiger partial charge in [0.05, 0.1) is 12.2 Å². The number of ether oxygens (including phenoxy) is 1.